The van der Waals surface area contributed by atoms with E-state index < -0.39 is 12.2 Å². The minimum atomic E-state index is -0.657. The van der Waals surface area contributed by atoms with Crippen molar-refractivity contribution in [3.8, 4) is 0 Å². The Morgan fingerprint density at radius 3 is 2.70 bits per heavy atom. The summed E-state index contributed by atoms with van der Waals surface area (Å²) in [7, 11) is 1.33. The monoisotopic (exact) mass is 394 g/mol. The Bertz CT molecular complexity index is 465. The molecule has 2 rings (SSSR count). The number of hydrogen-bond donors (Lipinski definition) is 1. The number of rotatable bonds is 4. The molecule has 1 N–H and O–H groups in total. The molecule has 0 bridgehead atoms. The van der Waals surface area contributed by atoms with Crippen LogP contribution in [0, 0.1) is 5.82 Å². The number of methoxy groups -OCH3 is 1. The lowest BCUT2D eigenvalue weighted by molar-refractivity contribution is -0.141. The van der Waals surface area contributed by atoms with Crippen LogP contribution >= 0.6 is 22.6 Å². The highest BCUT2D eigenvalue weighted by Crippen LogP contribution is 2.39. The number of carbonyl (C=O) groups is 1. The minimum Gasteiger partial charge on any atom is -0.469 e. The van der Waals surface area contributed by atoms with Gasteiger partial charge >= 0.3 is 5.97 Å². The fraction of sp³-hybridized carbons (Fsp3) is 0.500. The van der Waals surface area contributed by atoms with Crippen LogP contribution in [0.25, 0.3) is 0 Å². The van der Waals surface area contributed by atoms with Gasteiger partial charge in [-0.1, -0.05) is 34.7 Å². The number of esters is 1. The summed E-state index contributed by atoms with van der Waals surface area (Å²) in [4.78, 5) is 11.1. The fourth-order valence-electron chi connectivity index (χ4n) is 2.24. The van der Waals surface area contributed by atoms with Gasteiger partial charge in [-0.25, -0.2) is 4.39 Å². The summed E-state index contributed by atoms with van der Waals surface area (Å²) < 4.78 is 23.2. The maximum Gasteiger partial charge on any atom is 0.305 e. The van der Waals surface area contributed by atoms with Crippen molar-refractivity contribution in [3.63, 3.8) is 0 Å². The smallest absolute Gasteiger partial charge is 0.305 e. The highest BCUT2D eigenvalue weighted by atomic mass is 127. The third-order valence-corrected chi connectivity index (χ3v) is 4.77. The van der Waals surface area contributed by atoms with Crippen LogP contribution < -0.4 is 0 Å². The number of ether oxygens (including phenoxy) is 2. The lowest BCUT2D eigenvalue weighted by atomic mass is 10.0. The quantitative estimate of drug-likeness (QED) is 0.484. The zero-order valence-electron chi connectivity index (χ0n) is 11.0. The second-order valence-corrected chi connectivity index (χ2v) is 6.13. The van der Waals surface area contributed by atoms with Gasteiger partial charge in [-0.2, -0.15) is 0 Å². The van der Waals surface area contributed by atoms with Gasteiger partial charge in [0.1, 0.15) is 5.82 Å². The first-order valence-electron chi connectivity index (χ1n) is 6.33. The van der Waals surface area contributed by atoms with Gasteiger partial charge < -0.3 is 14.6 Å². The van der Waals surface area contributed by atoms with E-state index in [1.807, 2.05) is 0 Å². The normalized spacial score (nSPS) is 29.4. The Morgan fingerprint density at radius 1 is 1.45 bits per heavy atom. The van der Waals surface area contributed by atoms with Crippen LogP contribution in [0.3, 0.4) is 0 Å². The summed E-state index contributed by atoms with van der Waals surface area (Å²) in [6, 6.07) is 6.05. The summed E-state index contributed by atoms with van der Waals surface area (Å²) in [5, 5.41) is 10.2. The molecular weight excluding hydrogens is 378 g/mol. The summed E-state index contributed by atoms with van der Waals surface area (Å²) in [6.45, 7) is 0. The summed E-state index contributed by atoms with van der Waals surface area (Å²) >= 11 is 2.13. The zero-order chi connectivity index (χ0) is 14.7. The maximum absolute atomic E-state index is 12.9. The third-order valence-electron chi connectivity index (χ3n) is 3.38. The van der Waals surface area contributed by atoms with Gasteiger partial charge in [0.05, 0.1) is 29.3 Å². The number of carbonyl (C=O) groups excluding carboxylic acids is 1. The molecule has 0 unspecified atom stereocenters. The van der Waals surface area contributed by atoms with Crippen LogP contribution in [0.1, 0.15) is 24.5 Å². The van der Waals surface area contributed by atoms with Gasteiger partial charge in [-0.05, 0) is 24.1 Å². The van der Waals surface area contributed by atoms with Crippen LogP contribution in [-0.2, 0) is 14.3 Å². The molecule has 0 aliphatic carbocycles. The number of alkyl halides is 1. The molecule has 1 heterocycles. The average molecular weight is 394 g/mol. The predicted molar refractivity (Wildman–Crippen MR) is 79.1 cm³/mol. The van der Waals surface area contributed by atoms with E-state index in [0.29, 0.717) is 6.42 Å². The molecule has 1 fully saturated rings. The van der Waals surface area contributed by atoms with Crippen molar-refractivity contribution in [3.05, 3.63) is 35.6 Å². The zero-order valence-corrected chi connectivity index (χ0v) is 13.1. The predicted octanol–water partition coefficient (Wildman–Crippen LogP) is 2.38. The van der Waals surface area contributed by atoms with Crippen molar-refractivity contribution in [2.75, 3.05) is 7.11 Å². The SMILES string of the molecule is COC(=O)CC[C@@H]1O[C@@H](c2ccc(F)cc2)[C@@H](I)[C@H]1O. The first-order chi connectivity index (χ1) is 9.52. The van der Waals surface area contributed by atoms with Gasteiger partial charge in [0, 0.05) is 6.42 Å². The molecule has 0 spiro atoms. The fourth-order valence-corrected chi connectivity index (χ4v) is 3.29. The molecule has 6 heteroatoms. The van der Waals surface area contributed by atoms with Gasteiger partial charge in [0.15, 0.2) is 0 Å². The molecule has 4 atom stereocenters. The Hall–Kier alpha value is -0.730. The van der Waals surface area contributed by atoms with E-state index in [9.17, 15) is 14.3 Å². The molecule has 1 aromatic carbocycles. The number of benzene rings is 1. The van der Waals surface area contributed by atoms with Crippen LogP contribution in [0.15, 0.2) is 24.3 Å². The molecule has 1 aromatic rings. The van der Waals surface area contributed by atoms with Crippen molar-refractivity contribution in [2.24, 2.45) is 0 Å². The van der Waals surface area contributed by atoms with Gasteiger partial charge in [-0.3, -0.25) is 4.79 Å². The Morgan fingerprint density at radius 2 is 2.10 bits per heavy atom. The average Bonchev–Trinajstić information content (AvgIpc) is 2.73. The van der Waals surface area contributed by atoms with E-state index in [0.717, 1.165) is 5.56 Å². The van der Waals surface area contributed by atoms with E-state index >= 15 is 0 Å². The number of aliphatic hydroxyl groups excluding tert-OH is 1. The van der Waals surface area contributed by atoms with E-state index in [1.54, 1.807) is 12.1 Å². The van der Waals surface area contributed by atoms with E-state index in [2.05, 4.69) is 27.3 Å². The highest BCUT2D eigenvalue weighted by Gasteiger charge is 2.42. The summed E-state index contributed by atoms with van der Waals surface area (Å²) in [5.74, 6) is -0.629. The molecule has 20 heavy (non-hydrogen) atoms. The van der Waals surface area contributed by atoms with Gasteiger partial charge in [-0.15, -0.1) is 0 Å². The van der Waals surface area contributed by atoms with Crippen LogP contribution in [0.4, 0.5) is 4.39 Å². The summed E-state index contributed by atoms with van der Waals surface area (Å²) in [5.41, 5.74) is 0.824. The van der Waals surface area contributed by atoms with E-state index in [4.69, 9.17) is 4.74 Å². The standard InChI is InChI=1S/C14H16FIO4/c1-19-11(17)7-6-10-13(18)12(16)14(20-10)8-2-4-9(15)5-3-8/h2-5,10,12-14,18H,6-7H2,1H3/t10-,12-,13-,14-/m0/s1. The molecule has 0 radical (unpaired) electrons. The van der Waals surface area contributed by atoms with Crippen LogP contribution in [-0.4, -0.2) is 34.3 Å². The van der Waals surface area contributed by atoms with Crippen molar-refractivity contribution < 1.29 is 23.8 Å². The van der Waals surface area contributed by atoms with Crippen molar-refractivity contribution in [1.29, 1.82) is 0 Å². The molecule has 110 valence electrons. The first kappa shape index (κ1) is 15.7. The molecular formula is C14H16FIO4. The maximum atomic E-state index is 12.9. The Labute approximate surface area is 130 Å². The van der Waals surface area contributed by atoms with Crippen molar-refractivity contribution in [1.82, 2.24) is 0 Å². The summed E-state index contributed by atoms with van der Waals surface area (Å²) in [6.07, 6.45) is -0.752. The van der Waals surface area contributed by atoms with E-state index in [-0.39, 0.29) is 28.2 Å². The Kier molecular flexibility index (Phi) is 5.34. The van der Waals surface area contributed by atoms with Gasteiger partial charge in [0.25, 0.3) is 0 Å². The van der Waals surface area contributed by atoms with Crippen molar-refractivity contribution in [2.45, 2.75) is 35.1 Å². The third kappa shape index (κ3) is 3.48. The lowest BCUT2D eigenvalue weighted by Gasteiger charge is -2.14. The highest BCUT2D eigenvalue weighted by molar-refractivity contribution is 14.1. The second-order valence-electron chi connectivity index (χ2n) is 4.70. The molecule has 1 aliphatic rings. The molecule has 0 amide bonds. The minimum absolute atomic E-state index is 0.138. The molecule has 0 saturated carbocycles. The lowest BCUT2D eigenvalue weighted by Crippen LogP contribution is -2.27. The van der Waals surface area contributed by atoms with Gasteiger partial charge in [0.2, 0.25) is 0 Å². The van der Waals surface area contributed by atoms with Crippen LogP contribution in [0.5, 0.6) is 0 Å². The molecule has 1 aliphatic heterocycles. The first-order valence-corrected chi connectivity index (χ1v) is 7.57. The number of hydrogen-bond acceptors (Lipinski definition) is 4. The van der Waals surface area contributed by atoms with Crippen molar-refractivity contribution >= 4 is 28.6 Å². The molecule has 4 nitrogen and oxygen atoms in total. The second kappa shape index (κ2) is 6.82. The largest absolute Gasteiger partial charge is 0.469 e. The van der Waals surface area contributed by atoms with Crippen LogP contribution in [0.2, 0.25) is 0 Å². The van der Waals surface area contributed by atoms with E-state index in [1.165, 1.54) is 19.2 Å². The Balaban J connectivity index is 2.02. The number of halogens is 2. The molecule has 1 saturated heterocycles. The molecule has 0 aromatic heterocycles. The number of aliphatic hydroxyl groups is 1. The topological polar surface area (TPSA) is 55.8 Å².